The van der Waals surface area contributed by atoms with Gasteiger partial charge in [0.2, 0.25) is 0 Å². The zero-order valence-electron chi connectivity index (χ0n) is 10.8. The van der Waals surface area contributed by atoms with E-state index in [-0.39, 0.29) is 26.3 Å². The average molecular weight is 349 g/mol. The summed E-state index contributed by atoms with van der Waals surface area (Å²) in [6, 6.07) is 6.08. The highest BCUT2D eigenvalue weighted by Gasteiger charge is 2.20. The minimum atomic E-state index is -3.91. The van der Waals surface area contributed by atoms with Gasteiger partial charge < -0.3 is 5.73 Å². The Labute approximate surface area is 131 Å². The molecular weight excluding hydrogens is 338 g/mol. The van der Waals surface area contributed by atoms with E-state index in [1.165, 1.54) is 18.2 Å². The number of nitrogen functional groups attached to an aromatic ring is 1. The van der Waals surface area contributed by atoms with Gasteiger partial charge in [0.05, 0.1) is 26.3 Å². The molecule has 8 heteroatoms. The lowest BCUT2D eigenvalue weighted by atomic mass is 10.2. The molecule has 0 heterocycles. The fourth-order valence-electron chi connectivity index (χ4n) is 1.73. The Balaban J connectivity index is 2.46. The van der Waals surface area contributed by atoms with Crippen molar-refractivity contribution in [3.8, 4) is 0 Å². The van der Waals surface area contributed by atoms with Crippen molar-refractivity contribution in [1.82, 2.24) is 0 Å². The van der Waals surface area contributed by atoms with Gasteiger partial charge in [-0.1, -0.05) is 23.2 Å². The molecule has 0 unspecified atom stereocenters. The second kappa shape index (κ2) is 5.71. The molecule has 3 N–H and O–H groups in total. The number of sulfonamides is 1. The lowest BCUT2D eigenvalue weighted by Gasteiger charge is -2.13. The highest BCUT2D eigenvalue weighted by atomic mass is 35.5. The monoisotopic (exact) mass is 348 g/mol. The summed E-state index contributed by atoms with van der Waals surface area (Å²) in [4.78, 5) is -0.0233. The Morgan fingerprint density at radius 1 is 1.14 bits per heavy atom. The lowest BCUT2D eigenvalue weighted by molar-refractivity contribution is 0.600. The number of nitrogens with one attached hydrogen (secondary N) is 1. The molecule has 0 amide bonds. The summed E-state index contributed by atoms with van der Waals surface area (Å²) in [5.41, 5.74) is 6.28. The molecule has 0 aliphatic carbocycles. The van der Waals surface area contributed by atoms with Gasteiger partial charge in [0, 0.05) is 0 Å². The van der Waals surface area contributed by atoms with Crippen molar-refractivity contribution in [3.05, 3.63) is 51.8 Å². The fourth-order valence-corrected chi connectivity index (χ4v) is 3.56. The number of benzene rings is 2. The van der Waals surface area contributed by atoms with E-state index in [4.69, 9.17) is 28.9 Å². The lowest BCUT2D eigenvalue weighted by Crippen LogP contribution is -2.15. The number of hydrogen-bond acceptors (Lipinski definition) is 3. The molecule has 0 radical (unpaired) electrons. The largest absolute Gasteiger partial charge is 0.397 e. The first-order chi connectivity index (χ1) is 9.70. The standard InChI is InChI=1S/C13H11Cl2FN2O2S/c1-7-4-9(14)11(17)6-13(7)21(19,20)18-12-3-2-8(16)5-10(12)15/h2-6,18H,17H2,1H3. The van der Waals surface area contributed by atoms with Gasteiger partial charge in [0.15, 0.2) is 0 Å². The summed E-state index contributed by atoms with van der Waals surface area (Å²) in [6.45, 7) is 1.59. The molecule has 0 spiro atoms. The van der Waals surface area contributed by atoms with E-state index in [1.54, 1.807) is 6.92 Å². The Morgan fingerprint density at radius 3 is 2.43 bits per heavy atom. The molecular formula is C13H11Cl2FN2O2S. The Morgan fingerprint density at radius 2 is 1.81 bits per heavy atom. The Hall–Kier alpha value is -1.50. The van der Waals surface area contributed by atoms with Crippen molar-refractivity contribution in [2.45, 2.75) is 11.8 Å². The van der Waals surface area contributed by atoms with Crippen molar-refractivity contribution in [2.75, 3.05) is 10.5 Å². The summed E-state index contributed by atoms with van der Waals surface area (Å²) in [7, 11) is -3.91. The predicted octanol–water partition coefficient (Wildman–Crippen LogP) is 3.82. The maximum Gasteiger partial charge on any atom is 0.262 e. The summed E-state index contributed by atoms with van der Waals surface area (Å²) in [5.74, 6) is -0.560. The molecule has 0 saturated carbocycles. The van der Waals surface area contributed by atoms with Crippen molar-refractivity contribution in [2.24, 2.45) is 0 Å². The third kappa shape index (κ3) is 3.40. The minimum Gasteiger partial charge on any atom is -0.397 e. The van der Waals surface area contributed by atoms with Crippen molar-refractivity contribution in [1.29, 1.82) is 0 Å². The van der Waals surface area contributed by atoms with Gasteiger partial charge in [-0.05, 0) is 42.8 Å². The Bertz CT molecular complexity index is 810. The number of anilines is 2. The smallest absolute Gasteiger partial charge is 0.262 e. The summed E-state index contributed by atoms with van der Waals surface area (Å²) >= 11 is 11.6. The van der Waals surface area contributed by atoms with E-state index >= 15 is 0 Å². The van der Waals surface area contributed by atoms with Gasteiger partial charge in [0.25, 0.3) is 10.0 Å². The number of hydrogen-bond donors (Lipinski definition) is 2. The molecule has 0 fully saturated rings. The fraction of sp³-hybridized carbons (Fsp3) is 0.0769. The zero-order chi connectivity index (χ0) is 15.8. The summed E-state index contributed by atoms with van der Waals surface area (Å²) < 4.78 is 40.0. The molecule has 112 valence electrons. The van der Waals surface area contributed by atoms with E-state index in [0.717, 1.165) is 12.1 Å². The van der Waals surface area contributed by atoms with Crippen LogP contribution in [0.25, 0.3) is 0 Å². The van der Waals surface area contributed by atoms with Crippen LogP contribution in [0.1, 0.15) is 5.56 Å². The quantitative estimate of drug-likeness (QED) is 0.828. The molecule has 2 aromatic carbocycles. The van der Waals surface area contributed by atoms with Gasteiger partial charge in [-0.2, -0.15) is 0 Å². The predicted molar refractivity (Wildman–Crippen MR) is 82.8 cm³/mol. The zero-order valence-corrected chi connectivity index (χ0v) is 13.2. The summed E-state index contributed by atoms with van der Waals surface area (Å²) in [5, 5.41) is 0.226. The Kier molecular flexibility index (Phi) is 4.32. The second-order valence-corrected chi connectivity index (χ2v) is 6.83. The molecule has 21 heavy (non-hydrogen) atoms. The van der Waals surface area contributed by atoms with Crippen LogP contribution in [0, 0.1) is 12.7 Å². The molecule has 2 aromatic rings. The minimum absolute atomic E-state index is 0.0233. The van der Waals surface area contributed by atoms with Crippen molar-refractivity contribution < 1.29 is 12.8 Å². The SMILES string of the molecule is Cc1cc(Cl)c(N)cc1S(=O)(=O)Nc1ccc(F)cc1Cl. The average Bonchev–Trinajstić information content (AvgIpc) is 2.37. The van der Waals surface area contributed by atoms with Gasteiger partial charge in [-0.15, -0.1) is 0 Å². The van der Waals surface area contributed by atoms with E-state index in [9.17, 15) is 12.8 Å². The van der Waals surface area contributed by atoms with Crippen LogP contribution in [0.4, 0.5) is 15.8 Å². The van der Waals surface area contributed by atoms with Crippen LogP contribution in [0.3, 0.4) is 0 Å². The highest BCUT2D eigenvalue weighted by molar-refractivity contribution is 7.92. The van der Waals surface area contributed by atoms with E-state index in [0.29, 0.717) is 5.56 Å². The molecule has 0 aliphatic heterocycles. The third-order valence-corrected chi connectivity index (χ3v) is 4.91. The van der Waals surface area contributed by atoms with Gasteiger partial charge >= 0.3 is 0 Å². The normalized spacial score (nSPS) is 11.4. The molecule has 0 aliphatic rings. The van der Waals surface area contributed by atoms with Crippen molar-refractivity contribution in [3.63, 3.8) is 0 Å². The number of nitrogens with two attached hydrogens (primary N) is 1. The molecule has 0 bridgehead atoms. The molecule has 0 atom stereocenters. The van der Waals surface area contributed by atoms with Crippen LogP contribution < -0.4 is 10.5 Å². The third-order valence-electron chi connectivity index (χ3n) is 2.76. The van der Waals surface area contributed by atoms with Gasteiger partial charge in [-0.25, -0.2) is 12.8 Å². The van der Waals surface area contributed by atoms with Crippen LogP contribution in [0.15, 0.2) is 35.2 Å². The number of rotatable bonds is 3. The van der Waals surface area contributed by atoms with Gasteiger partial charge in [-0.3, -0.25) is 4.72 Å². The van der Waals surface area contributed by atoms with E-state index in [2.05, 4.69) is 4.72 Å². The number of aryl methyl sites for hydroxylation is 1. The van der Waals surface area contributed by atoms with E-state index in [1.807, 2.05) is 0 Å². The van der Waals surface area contributed by atoms with Crippen LogP contribution in [-0.2, 0) is 10.0 Å². The molecule has 4 nitrogen and oxygen atoms in total. The highest BCUT2D eigenvalue weighted by Crippen LogP contribution is 2.29. The molecule has 0 saturated heterocycles. The summed E-state index contributed by atoms with van der Waals surface area (Å²) in [6.07, 6.45) is 0. The first-order valence-electron chi connectivity index (χ1n) is 5.74. The number of halogens is 3. The van der Waals surface area contributed by atoms with Gasteiger partial charge in [0.1, 0.15) is 5.82 Å². The maximum absolute atomic E-state index is 13.0. The van der Waals surface area contributed by atoms with Crippen molar-refractivity contribution >= 4 is 44.6 Å². The van der Waals surface area contributed by atoms with Crippen LogP contribution >= 0.6 is 23.2 Å². The van der Waals surface area contributed by atoms with E-state index < -0.39 is 15.8 Å². The molecule has 2 rings (SSSR count). The topological polar surface area (TPSA) is 72.2 Å². The van der Waals surface area contributed by atoms with Crippen LogP contribution in [0.5, 0.6) is 0 Å². The maximum atomic E-state index is 13.0. The van der Waals surface area contributed by atoms with Crippen LogP contribution in [-0.4, -0.2) is 8.42 Å². The first kappa shape index (κ1) is 15.9. The van der Waals surface area contributed by atoms with Crippen LogP contribution in [0.2, 0.25) is 10.0 Å². The molecule has 0 aromatic heterocycles. The second-order valence-electron chi connectivity index (χ2n) is 4.37. The first-order valence-corrected chi connectivity index (χ1v) is 7.98.